The highest BCUT2D eigenvalue weighted by Crippen LogP contribution is 2.30. The number of para-hydroxylation sites is 1. The first kappa shape index (κ1) is 26.3. The highest BCUT2D eigenvalue weighted by molar-refractivity contribution is 6.15. The largest absolute Gasteiger partial charge is 0.390 e. The van der Waals surface area contributed by atoms with Gasteiger partial charge in [-0.15, -0.1) is 0 Å². The number of aliphatic imine (C=N–C) groups is 1. The smallest absolute Gasteiger partial charge is 0.321 e. The summed E-state index contributed by atoms with van der Waals surface area (Å²) in [5.41, 5.74) is 3.70. The van der Waals surface area contributed by atoms with Crippen molar-refractivity contribution < 1.29 is 19.5 Å². The number of fused-ring (bicyclic) bond motifs is 1. The number of nitrogens with one attached hydrogen (secondary N) is 2. The number of benzene rings is 2. The Labute approximate surface area is 217 Å². The molecule has 9 nitrogen and oxygen atoms in total. The summed E-state index contributed by atoms with van der Waals surface area (Å²) in [5, 5.41) is 15.5. The van der Waals surface area contributed by atoms with Crippen molar-refractivity contribution in [2.24, 2.45) is 4.99 Å². The fourth-order valence-corrected chi connectivity index (χ4v) is 4.91. The van der Waals surface area contributed by atoms with Gasteiger partial charge in [-0.2, -0.15) is 0 Å². The number of urea groups is 1. The predicted molar refractivity (Wildman–Crippen MR) is 144 cm³/mol. The summed E-state index contributed by atoms with van der Waals surface area (Å²) >= 11 is 0. The first-order chi connectivity index (χ1) is 17.9. The number of anilines is 2. The summed E-state index contributed by atoms with van der Waals surface area (Å²) in [6.07, 6.45) is 3.93. The Balaban J connectivity index is 1.62. The second kappa shape index (κ2) is 12.0. The van der Waals surface area contributed by atoms with Crippen LogP contribution in [0.15, 0.2) is 47.5 Å². The molecule has 0 saturated carbocycles. The van der Waals surface area contributed by atoms with Gasteiger partial charge in [-0.3, -0.25) is 19.5 Å². The quantitative estimate of drug-likeness (QED) is 0.578. The molecule has 0 aromatic heterocycles. The molecule has 0 radical (unpaired) electrons. The zero-order valence-electron chi connectivity index (χ0n) is 21.5. The van der Waals surface area contributed by atoms with E-state index in [0.717, 1.165) is 36.8 Å². The lowest BCUT2D eigenvalue weighted by atomic mass is 10.0. The van der Waals surface area contributed by atoms with E-state index in [1.54, 1.807) is 12.1 Å². The van der Waals surface area contributed by atoms with Crippen LogP contribution in [0.5, 0.6) is 0 Å². The molecule has 1 saturated heterocycles. The Kier molecular flexibility index (Phi) is 8.55. The van der Waals surface area contributed by atoms with Gasteiger partial charge in [0.15, 0.2) is 0 Å². The van der Waals surface area contributed by atoms with Crippen molar-refractivity contribution in [1.29, 1.82) is 0 Å². The zero-order chi connectivity index (χ0) is 26.4. The van der Waals surface area contributed by atoms with Gasteiger partial charge >= 0.3 is 6.03 Å². The molecule has 9 heteroatoms. The van der Waals surface area contributed by atoms with Crippen molar-refractivity contribution in [1.82, 2.24) is 10.2 Å². The molecule has 1 atom stereocenters. The summed E-state index contributed by atoms with van der Waals surface area (Å²) in [6.45, 7) is 4.52. The summed E-state index contributed by atoms with van der Waals surface area (Å²) in [5.74, 6) is -0.668. The van der Waals surface area contributed by atoms with Gasteiger partial charge in [-0.25, -0.2) is 4.79 Å². The number of aliphatic hydroxyl groups is 1. The Morgan fingerprint density at radius 1 is 1.03 bits per heavy atom. The predicted octanol–water partition coefficient (Wildman–Crippen LogP) is 3.37. The lowest BCUT2D eigenvalue weighted by Crippen LogP contribution is -2.52. The zero-order valence-corrected chi connectivity index (χ0v) is 21.5. The minimum Gasteiger partial charge on any atom is -0.390 e. The lowest BCUT2D eigenvalue weighted by Gasteiger charge is -2.30. The van der Waals surface area contributed by atoms with Gasteiger partial charge in [0.05, 0.1) is 18.0 Å². The van der Waals surface area contributed by atoms with Gasteiger partial charge in [-0.05, 0) is 49.9 Å². The molecule has 0 aliphatic carbocycles. The van der Waals surface area contributed by atoms with Crippen LogP contribution in [-0.4, -0.2) is 66.0 Å². The van der Waals surface area contributed by atoms with Crippen LogP contribution in [0.4, 0.5) is 16.2 Å². The molecular formula is C28H35N5O4. The molecule has 4 rings (SSSR count). The maximum absolute atomic E-state index is 13.8. The first-order valence-corrected chi connectivity index (χ1v) is 12.9. The number of aryl methyl sites for hydroxylation is 2. The van der Waals surface area contributed by atoms with E-state index in [4.69, 9.17) is 0 Å². The SMILES string of the molecule is Cc1cccc(NC(=O)N[C@@H]2N=C(CO)c3cccc(C)c3N(CC(=O)N3CCCCCCC3)C2=O)c1. The number of aliphatic hydroxyl groups excluding tert-OH is 1. The van der Waals surface area contributed by atoms with E-state index in [1.165, 1.54) is 11.3 Å². The van der Waals surface area contributed by atoms with Gasteiger partial charge in [0, 0.05) is 24.3 Å². The summed E-state index contributed by atoms with van der Waals surface area (Å²) in [4.78, 5) is 47.7. The molecular weight excluding hydrogens is 470 g/mol. The molecule has 0 unspecified atom stereocenters. The first-order valence-electron chi connectivity index (χ1n) is 12.9. The number of hydrogen-bond donors (Lipinski definition) is 3. The fourth-order valence-electron chi connectivity index (χ4n) is 4.91. The van der Waals surface area contributed by atoms with Crippen LogP contribution in [0.2, 0.25) is 0 Å². The molecule has 37 heavy (non-hydrogen) atoms. The van der Waals surface area contributed by atoms with E-state index in [1.807, 2.05) is 49.1 Å². The van der Waals surface area contributed by atoms with Crippen LogP contribution in [0, 0.1) is 13.8 Å². The molecule has 0 spiro atoms. The monoisotopic (exact) mass is 505 g/mol. The molecule has 0 bridgehead atoms. The third-order valence-corrected chi connectivity index (χ3v) is 6.80. The van der Waals surface area contributed by atoms with Crippen LogP contribution < -0.4 is 15.5 Å². The van der Waals surface area contributed by atoms with Crippen LogP contribution in [0.3, 0.4) is 0 Å². The third kappa shape index (κ3) is 6.35. The van der Waals surface area contributed by atoms with Crippen molar-refractivity contribution in [2.75, 3.05) is 36.5 Å². The van der Waals surface area contributed by atoms with Crippen molar-refractivity contribution in [2.45, 2.75) is 52.1 Å². The number of carbonyl (C=O) groups excluding carboxylic acids is 3. The molecule has 3 N–H and O–H groups in total. The van der Waals surface area contributed by atoms with Crippen LogP contribution in [0.25, 0.3) is 0 Å². The number of hydrogen-bond acceptors (Lipinski definition) is 5. The molecule has 2 heterocycles. The van der Waals surface area contributed by atoms with E-state index in [2.05, 4.69) is 15.6 Å². The molecule has 4 amide bonds. The molecule has 1 fully saturated rings. The highest BCUT2D eigenvalue weighted by atomic mass is 16.3. The number of nitrogens with zero attached hydrogens (tertiary/aromatic N) is 3. The number of benzodiazepines with no additional fused rings is 1. The minimum atomic E-state index is -1.31. The van der Waals surface area contributed by atoms with E-state index in [9.17, 15) is 19.5 Å². The normalized spacial score (nSPS) is 18.2. The average Bonchev–Trinajstić information content (AvgIpc) is 2.94. The molecule has 2 aromatic rings. The average molecular weight is 506 g/mol. The van der Waals surface area contributed by atoms with Gasteiger partial charge in [-0.1, -0.05) is 49.6 Å². The summed E-state index contributed by atoms with van der Waals surface area (Å²) in [6, 6.07) is 12.1. The van der Waals surface area contributed by atoms with Gasteiger partial charge in [0.1, 0.15) is 6.54 Å². The Bertz CT molecular complexity index is 1190. The van der Waals surface area contributed by atoms with Gasteiger partial charge in [0.2, 0.25) is 12.1 Å². The number of carbonyl (C=O) groups is 3. The number of rotatable bonds is 5. The van der Waals surface area contributed by atoms with Gasteiger partial charge < -0.3 is 20.6 Å². The molecule has 196 valence electrons. The van der Waals surface area contributed by atoms with E-state index < -0.39 is 24.7 Å². The summed E-state index contributed by atoms with van der Waals surface area (Å²) in [7, 11) is 0. The topological polar surface area (TPSA) is 114 Å². The van der Waals surface area contributed by atoms with Crippen LogP contribution in [-0.2, 0) is 9.59 Å². The number of amides is 4. The number of likely N-dealkylation sites (tertiary alicyclic amines) is 1. The minimum absolute atomic E-state index is 0.139. The fraction of sp³-hybridized carbons (Fsp3) is 0.429. The van der Waals surface area contributed by atoms with Gasteiger partial charge in [0.25, 0.3) is 5.91 Å². The Hall–Kier alpha value is -3.72. The van der Waals surface area contributed by atoms with Crippen molar-refractivity contribution in [3.8, 4) is 0 Å². The highest BCUT2D eigenvalue weighted by Gasteiger charge is 2.35. The maximum Gasteiger partial charge on any atom is 0.321 e. The van der Waals surface area contributed by atoms with Crippen LogP contribution >= 0.6 is 0 Å². The standard InChI is InChI=1S/C28H35N5O4/c1-19-10-8-12-21(16-19)29-28(37)31-26-27(36)33(17-24(35)32-14-6-4-3-5-7-15-32)25-20(2)11-9-13-22(25)23(18-34)30-26/h8-13,16,26,34H,3-7,14-15,17-18H2,1-2H3,(H2,29,31,37)/t26-/m0/s1. The van der Waals surface area contributed by atoms with E-state index in [0.29, 0.717) is 30.0 Å². The second-order valence-electron chi connectivity index (χ2n) is 9.65. The molecule has 2 aliphatic rings. The van der Waals surface area contributed by atoms with E-state index in [-0.39, 0.29) is 18.2 Å². The van der Waals surface area contributed by atoms with Crippen LogP contribution in [0.1, 0.15) is 48.8 Å². The van der Waals surface area contributed by atoms with Crippen molar-refractivity contribution >= 4 is 34.9 Å². The Morgan fingerprint density at radius 3 is 2.43 bits per heavy atom. The van der Waals surface area contributed by atoms with Crippen molar-refractivity contribution in [3.63, 3.8) is 0 Å². The Morgan fingerprint density at radius 2 is 1.73 bits per heavy atom. The van der Waals surface area contributed by atoms with E-state index >= 15 is 0 Å². The maximum atomic E-state index is 13.8. The summed E-state index contributed by atoms with van der Waals surface area (Å²) < 4.78 is 0. The van der Waals surface area contributed by atoms with Crippen molar-refractivity contribution in [3.05, 3.63) is 59.2 Å². The molecule has 2 aromatic carbocycles. The molecule has 2 aliphatic heterocycles. The lowest BCUT2D eigenvalue weighted by molar-refractivity contribution is -0.132. The second-order valence-corrected chi connectivity index (χ2v) is 9.65. The third-order valence-electron chi connectivity index (χ3n) is 6.80.